The molecule has 0 aliphatic carbocycles. The largest absolute Gasteiger partial charge is 0.243 e. The van der Waals surface area contributed by atoms with Gasteiger partial charge in [-0.1, -0.05) is 42.5 Å². The quantitative estimate of drug-likeness (QED) is 0.612. The predicted octanol–water partition coefficient (Wildman–Crippen LogP) is 2.92. The van der Waals surface area contributed by atoms with Crippen molar-refractivity contribution in [1.82, 2.24) is 9.66 Å². The van der Waals surface area contributed by atoms with Crippen molar-refractivity contribution in [2.24, 2.45) is 5.10 Å². The van der Waals surface area contributed by atoms with Gasteiger partial charge in [-0.3, -0.25) is 0 Å². The number of nitrogens with zero attached hydrogens (tertiary/aromatic N) is 3. The molecule has 0 spiro atoms. The van der Waals surface area contributed by atoms with Gasteiger partial charge in [0.25, 0.3) is 0 Å². The standard InChI is InChI=1S/C14H11N3/c1-2-7-14-12(4-1)5-3-6-13(14)10-16-17-9-8-15-11-17/h1-11H/b16-10+. The maximum Gasteiger partial charge on any atom is 0.116 e. The summed E-state index contributed by atoms with van der Waals surface area (Å²) in [7, 11) is 0. The minimum Gasteiger partial charge on any atom is -0.243 e. The van der Waals surface area contributed by atoms with Crippen LogP contribution in [0, 0.1) is 0 Å². The van der Waals surface area contributed by atoms with E-state index in [1.54, 1.807) is 17.2 Å². The highest BCUT2D eigenvalue weighted by atomic mass is 15.3. The molecule has 17 heavy (non-hydrogen) atoms. The van der Waals surface area contributed by atoms with Crippen LogP contribution in [-0.4, -0.2) is 15.9 Å². The Morgan fingerprint density at radius 3 is 2.82 bits per heavy atom. The zero-order valence-corrected chi connectivity index (χ0v) is 9.19. The monoisotopic (exact) mass is 221 g/mol. The third-order valence-corrected chi connectivity index (χ3v) is 2.64. The van der Waals surface area contributed by atoms with Crippen LogP contribution < -0.4 is 0 Å². The van der Waals surface area contributed by atoms with Gasteiger partial charge in [0.2, 0.25) is 0 Å². The molecule has 0 saturated heterocycles. The van der Waals surface area contributed by atoms with E-state index in [0.29, 0.717) is 0 Å². The van der Waals surface area contributed by atoms with Gasteiger partial charge in [-0.15, -0.1) is 0 Å². The van der Waals surface area contributed by atoms with Crippen molar-refractivity contribution in [1.29, 1.82) is 0 Å². The third kappa shape index (κ3) is 1.95. The summed E-state index contributed by atoms with van der Waals surface area (Å²) in [6.07, 6.45) is 7.04. The van der Waals surface area contributed by atoms with Crippen molar-refractivity contribution >= 4 is 17.0 Å². The van der Waals surface area contributed by atoms with E-state index in [2.05, 4.69) is 34.4 Å². The Labute approximate surface area is 99.0 Å². The average molecular weight is 221 g/mol. The molecule has 1 heterocycles. The molecule has 0 fully saturated rings. The number of benzene rings is 2. The molecular formula is C14H11N3. The zero-order chi connectivity index (χ0) is 11.5. The summed E-state index contributed by atoms with van der Waals surface area (Å²) in [5, 5.41) is 6.75. The van der Waals surface area contributed by atoms with E-state index in [-0.39, 0.29) is 0 Å². The molecule has 3 heteroatoms. The summed E-state index contributed by atoms with van der Waals surface area (Å²) in [4.78, 5) is 3.95. The first kappa shape index (κ1) is 9.78. The molecule has 2 aromatic carbocycles. The minimum absolute atomic E-state index is 1.11. The fourth-order valence-corrected chi connectivity index (χ4v) is 1.81. The Hall–Kier alpha value is -2.42. The Kier molecular flexibility index (Phi) is 2.43. The van der Waals surface area contributed by atoms with Crippen molar-refractivity contribution in [3.63, 3.8) is 0 Å². The number of fused-ring (bicyclic) bond motifs is 1. The topological polar surface area (TPSA) is 30.2 Å². The zero-order valence-electron chi connectivity index (χ0n) is 9.19. The summed E-state index contributed by atoms with van der Waals surface area (Å²) >= 11 is 0. The van der Waals surface area contributed by atoms with Crippen LogP contribution in [0.4, 0.5) is 0 Å². The highest BCUT2D eigenvalue weighted by Crippen LogP contribution is 2.16. The molecule has 82 valence electrons. The Morgan fingerprint density at radius 2 is 1.94 bits per heavy atom. The van der Waals surface area contributed by atoms with Gasteiger partial charge in [0, 0.05) is 18.0 Å². The minimum atomic E-state index is 1.11. The van der Waals surface area contributed by atoms with E-state index in [1.165, 1.54) is 10.8 Å². The van der Waals surface area contributed by atoms with Gasteiger partial charge in [-0.05, 0) is 10.8 Å². The van der Waals surface area contributed by atoms with Crippen molar-refractivity contribution in [3.05, 3.63) is 66.7 Å². The number of aromatic nitrogens is 2. The molecule has 3 rings (SSSR count). The molecule has 0 amide bonds. The lowest BCUT2D eigenvalue weighted by atomic mass is 10.1. The number of rotatable bonds is 2. The molecule has 0 bridgehead atoms. The van der Waals surface area contributed by atoms with E-state index in [4.69, 9.17) is 0 Å². The molecule has 1 aromatic heterocycles. The predicted molar refractivity (Wildman–Crippen MR) is 69.2 cm³/mol. The number of hydrogen-bond donors (Lipinski definition) is 0. The molecule has 0 N–H and O–H groups in total. The fourth-order valence-electron chi connectivity index (χ4n) is 1.81. The number of hydrogen-bond acceptors (Lipinski definition) is 2. The molecule has 0 aliphatic rings. The van der Waals surface area contributed by atoms with Crippen LogP contribution in [0.25, 0.3) is 10.8 Å². The van der Waals surface area contributed by atoms with Crippen LogP contribution in [0.5, 0.6) is 0 Å². The second-order valence-electron chi connectivity index (χ2n) is 3.76. The van der Waals surface area contributed by atoms with Gasteiger partial charge < -0.3 is 0 Å². The van der Waals surface area contributed by atoms with E-state index >= 15 is 0 Å². The molecule has 3 nitrogen and oxygen atoms in total. The molecule has 0 radical (unpaired) electrons. The van der Waals surface area contributed by atoms with E-state index < -0.39 is 0 Å². The Bertz CT molecular complexity index is 649. The van der Waals surface area contributed by atoms with E-state index in [9.17, 15) is 0 Å². The molecule has 0 aliphatic heterocycles. The van der Waals surface area contributed by atoms with Gasteiger partial charge in [0.1, 0.15) is 6.33 Å². The smallest absolute Gasteiger partial charge is 0.116 e. The van der Waals surface area contributed by atoms with Crippen molar-refractivity contribution < 1.29 is 0 Å². The van der Waals surface area contributed by atoms with Gasteiger partial charge in [-0.2, -0.15) is 5.10 Å². The van der Waals surface area contributed by atoms with Crippen LogP contribution >= 0.6 is 0 Å². The van der Waals surface area contributed by atoms with Crippen LogP contribution in [0.15, 0.2) is 66.3 Å². The highest BCUT2D eigenvalue weighted by molar-refractivity contribution is 5.99. The third-order valence-electron chi connectivity index (χ3n) is 2.64. The summed E-state index contributed by atoms with van der Waals surface area (Å²) < 4.78 is 1.68. The summed E-state index contributed by atoms with van der Waals surface area (Å²) in [6.45, 7) is 0. The summed E-state index contributed by atoms with van der Waals surface area (Å²) in [5.74, 6) is 0. The van der Waals surface area contributed by atoms with E-state index in [1.807, 2.05) is 30.6 Å². The molecule has 3 aromatic rings. The molecule has 0 atom stereocenters. The lowest BCUT2D eigenvalue weighted by Gasteiger charge is -2.00. The van der Waals surface area contributed by atoms with E-state index in [0.717, 1.165) is 5.56 Å². The SMILES string of the molecule is C(=N\n1ccnc1)/c1cccc2ccccc12. The first-order chi connectivity index (χ1) is 8.43. The first-order valence-corrected chi connectivity index (χ1v) is 5.43. The summed E-state index contributed by atoms with van der Waals surface area (Å²) in [6, 6.07) is 14.5. The van der Waals surface area contributed by atoms with Gasteiger partial charge in [0.15, 0.2) is 0 Å². The van der Waals surface area contributed by atoms with Gasteiger partial charge in [-0.25, -0.2) is 9.66 Å². The maximum atomic E-state index is 4.32. The highest BCUT2D eigenvalue weighted by Gasteiger charge is 1.96. The molecule has 0 unspecified atom stereocenters. The normalized spacial score (nSPS) is 11.3. The molecule has 0 saturated carbocycles. The van der Waals surface area contributed by atoms with Gasteiger partial charge in [0.05, 0.1) is 6.21 Å². The van der Waals surface area contributed by atoms with Crippen LogP contribution in [-0.2, 0) is 0 Å². The van der Waals surface area contributed by atoms with Crippen LogP contribution in [0.1, 0.15) is 5.56 Å². The van der Waals surface area contributed by atoms with Gasteiger partial charge >= 0.3 is 0 Å². The fraction of sp³-hybridized carbons (Fsp3) is 0. The second-order valence-corrected chi connectivity index (χ2v) is 3.76. The lowest BCUT2D eigenvalue weighted by molar-refractivity contribution is 0.882. The summed E-state index contributed by atoms with van der Waals surface area (Å²) in [5.41, 5.74) is 1.11. The number of imidazole rings is 1. The van der Waals surface area contributed by atoms with Crippen LogP contribution in [0.3, 0.4) is 0 Å². The van der Waals surface area contributed by atoms with Crippen LogP contribution in [0.2, 0.25) is 0 Å². The van der Waals surface area contributed by atoms with Crippen molar-refractivity contribution in [3.8, 4) is 0 Å². The first-order valence-electron chi connectivity index (χ1n) is 5.43. The Balaban J connectivity index is 2.06. The van der Waals surface area contributed by atoms with Crippen molar-refractivity contribution in [2.75, 3.05) is 0 Å². The maximum absolute atomic E-state index is 4.32. The van der Waals surface area contributed by atoms with Crippen molar-refractivity contribution in [2.45, 2.75) is 0 Å². The Morgan fingerprint density at radius 1 is 1.06 bits per heavy atom. The molecular weight excluding hydrogens is 210 g/mol. The average Bonchev–Trinajstić information content (AvgIpc) is 2.89. The second kappa shape index (κ2) is 4.22. The lowest BCUT2D eigenvalue weighted by Crippen LogP contribution is -1.88.